The molecule has 0 fully saturated rings. The summed E-state index contributed by atoms with van der Waals surface area (Å²) < 4.78 is 1.50. The van der Waals surface area contributed by atoms with Gasteiger partial charge in [-0.15, -0.1) is 0 Å². The molecule has 110 valence electrons. The molecule has 0 aliphatic heterocycles. The average Bonchev–Trinajstić information content (AvgIpc) is 2.69. The third kappa shape index (κ3) is 3.61. The second kappa shape index (κ2) is 6.27. The van der Waals surface area contributed by atoms with E-state index in [4.69, 9.17) is 11.6 Å². The zero-order chi connectivity index (χ0) is 15.6. The van der Waals surface area contributed by atoms with Gasteiger partial charge in [-0.3, -0.25) is 4.79 Å². The van der Waals surface area contributed by atoms with E-state index in [1.165, 1.54) is 4.68 Å². The monoisotopic (exact) mass is 302 g/mol. The molecule has 0 unspecified atom stereocenters. The number of hydrogen-bond donors (Lipinski definition) is 0. The molecule has 4 heteroatoms. The second-order valence-electron chi connectivity index (χ2n) is 5.39. The minimum atomic E-state index is -0.0362. The molecule has 0 aliphatic carbocycles. The Bertz CT molecular complexity index is 684. The van der Waals surface area contributed by atoms with Crippen LogP contribution in [-0.4, -0.2) is 15.7 Å². The van der Waals surface area contributed by atoms with Crippen molar-refractivity contribution >= 4 is 17.5 Å². The quantitative estimate of drug-likeness (QED) is 0.795. The minimum Gasteiger partial charge on any atom is -0.272 e. The predicted molar refractivity (Wildman–Crippen MR) is 86.0 cm³/mol. The fraction of sp³-hybridized carbons (Fsp3) is 0.294. The van der Waals surface area contributed by atoms with Gasteiger partial charge in [-0.05, 0) is 44.9 Å². The lowest BCUT2D eigenvalue weighted by Crippen LogP contribution is -2.16. The molecule has 0 N–H and O–H groups in total. The lowest BCUT2D eigenvalue weighted by molar-refractivity contribution is 0.0895. The molecule has 0 amide bonds. The van der Waals surface area contributed by atoms with Gasteiger partial charge in [-0.2, -0.15) is 5.10 Å². The number of aromatic nitrogens is 2. The molecule has 0 saturated carbocycles. The van der Waals surface area contributed by atoms with Crippen molar-refractivity contribution in [2.45, 2.75) is 33.6 Å². The van der Waals surface area contributed by atoms with Crippen molar-refractivity contribution in [3.63, 3.8) is 0 Å². The van der Waals surface area contributed by atoms with E-state index in [1.807, 2.05) is 32.9 Å². The third-order valence-electron chi connectivity index (χ3n) is 3.42. The van der Waals surface area contributed by atoms with Gasteiger partial charge in [0.2, 0.25) is 0 Å². The van der Waals surface area contributed by atoms with Crippen molar-refractivity contribution in [1.82, 2.24) is 9.78 Å². The van der Waals surface area contributed by atoms with E-state index in [-0.39, 0.29) is 5.91 Å². The first-order valence-corrected chi connectivity index (χ1v) is 7.23. The highest BCUT2D eigenvalue weighted by molar-refractivity contribution is 6.30. The number of carbonyl (C=O) groups excluding carboxylic acids is 1. The van der Waals surface area contributed by atoms with Crippen LogP contribution in [0.5, 0.6) is 0 Å². The molecule has 3 nitrogen and oxygen atoms in total. The summed E-state index contributed by atoms with van der Waals surface area (Å²) in [5.41, 5.74) is 4.87. The van der Waals surface area contributed by atoms with E-state index in [0.29, 0.717) is 11.4 Å². The smallest absolute Gasteiger partial charge is 0.251 e. The first-order chi connectivity index (χ1) is 9.88. The van der Waals surface area contributed by atoms with Gasteiger partial charge in [0.15, 0.2) is 0 Å². The topological polar surface area (TPSA) is 34.9 Å². The summed E-state index contributed by atoms with van der Waals surface area (Å²) in [6, 6.07) is 7.30. The number of hydrogen-bond acceptors (Lipinski definition) is 2. The standard InChI is InChI=1S/C17H19ClN2O/c1-11(2)9-16-12(3)19-20(13(16)4)17(21)10-14-5-7-15(18)8-6-14/h5-8H,1,9-10H2,2-4H3. The highest BCUT2D eigenvalue weighted by Gasteiger charge is 2.16. The highest BCUT2D eigenvalue weighted by atomic mass is 35.5. The Morgan fingerprint density at radius 2 is 1.86 bits per heavy atom. The van der Waals surface area contributed by atoms with Gasteiger partial charge in [0.05, 0.1) is 12.1 Å². The van der Waals surface area contributed by atoms with Crippen LogP contribution in [0.2, 0.25) is 5.02 Å². The molecule has 21 heavy (non-hydrogen) atoms. The average molecular weight is 303 g/mol. The summed E-state index contributed by atoms with van der Waals surface area (Å²) in [6.07, 6.45) is 1.07. The lowest BCUT2D eigenvalue weighted by atomic mass is 10.1. The number of allylic oxidation sites excluding steroid dienone is 1. The van der Waals surface area contributed by atoms with Crippen LogP contribution in [0.25, 0.3) is 0 Å². The molecular weight excluding hydrogens is 284 g/mol. The van der Waals surface area contributed by atoms with Crippen molar-refractivity contribution in [2.24, 2.45) is 0 Å². The lowest BCUT2D eigenvalue weighted by Gasteiger charge is -2.05. The molecule has 2 aromatic rings. The summed E-state index contributed by atoms with van der Waals surface area (Å²) in [4.78, 5) is 12.4. The molecule has 1 aromatic carbocycles. The van der Waals surface area contributed by atoms with E-state index in [2.05, 4.69) is 11.7 Å². The van der Waals surface area contributed by atoms with Gasteiger partial charge >= 0.3 is 0 Å². The van der Waals surface area contributed by atoms with Gasteiger partial charge < -0.3 is 0 Å². The maximum Gasteiger partial charge on any atom is 0.251 e. The molecular formula is C17H19ClN2O. The zero-order valence-corrected chi connectivity index (χ0v) is 13.4. The number of rotatable bonds is 4. The van der Waals surface area contributed by atoms with Crippen LogP contribution in [0, 0.1) is 13.8 Å². The zero-order valence-electron chi connectivity index (χ0n) is 12.6. The fourth-order valence-corrected chi connectivity index (χ4v) is 2.45. The fourth-order valence-electron chi connectivity index (χ4n) is 2.33. The van der Waals surface area contributed by atoms with E-state index in [9.17, 15) is 4.79 Å². The van der Waals surface area contributed by atoms with E-state index in [0.717, 1.165) is 34.5 Å². The first kappa shape index (κ1) is 15.5. The van der Waals surface area contributed by atoms with Crippen LogP contribution < -0.4 is 0 Å². The van der Waals surface area contributed by atoms with E-state index in [1.54, 1.807) is 12.1 Å². The van der Waals surface area contributed by atoms with Crippen LogP contribution >= 0.6 is 11.6 Å². The summed E-state index contributed by atoms with van der Waals surface area (Å²) in [5, 5.41) is 5.04. The molecule has 0 radical (unpaired) electrons. The SMILES string of the molecule is C=C(C)Cc1c(C)nn(C(=O)Cc2ccc(Cl)cc2)c1C. The maximum atomic E-state index is 12.4. The molecule has 0 saturated heterocycles. The van der Waals surface area contributed by atoms with Crippen LogP contribution in [0.15, 0.2) is 36.4 Å². The highest BCUT2D eigenvalue weighted by Crippen LogP contribution is 2.17. The summed E-state index contributed by atoms with van der Waals surface area (Å²) in [6.45, 7) is 9.76. The summed E-state index contributed by atoms with van der Waals surface area (Å²) in [5.74, 6) is -0.0362. The van der Waals surface area contributed by atoms with E-state index < -0.39 is 0 Å². The molecule has 2 rings (SSSR count). The Morgan fingerprint density at radius 1 is 1.24 bits per heavy atom. The van der Waals surface area contributed by atoms with Crippen molar-refractivity contribution < 1.29 is 4.79 Å². The Balaban J connectivity index is 2.23. The van der Waals surface area contributed by atoms with Crippen molar-refractivity contribution in [2.75, 3.05) is 0 Å². The molecule has 1 heterocycles. The van der Waals surface area contributed by atoms with Gasteiger partial charge in [0.25, 0.3) is 5.91 Å². The number of benzene rings is 1. The number of aryl methyl sites for hydroxylation is 1. The minimum absolute atomic E-state index is 0.0362. The Hall–Kier alpha value is -1.87. The van der Waals surface area contributed by atoms with Crippen molar-refractivity contribution in [3.05, 3.63) is 64.0 Å². The van der Waals surface area contributed by atoms with E-state index >= 15 is 0 Å². The summed E-state index contributed by atoms with van der Waals surface area (Å²) >= 11 is 5.85. The van der Waals surface area contributed by atoms with Crippen LogP contribution in [-0.2, 0) is 12.8 Å². The van der Waals surface area contributed by atoms with Gasteiger partial charge in [-0.1, -0.05) is 35.9 Å². The van der Waals surface area contributed by atoms with Gasteiger partial charge in [0.1, 0.15) is 0 Å². The molecule has 0 aliphatic rings. The predicted octanol–water partition coefficient (Wildman–Crippen LogP) is 4.15. The van der Waals surface area contributed by atoms with Crippen LogP contribution in [0.3, 0.4) is 0 Å². The van der Waals surface area contributed by atoms with Crippen molar-refractivity contribution in [3.8, 4) is 0 Å². The van der Waals surface area contributed by atoms with Crippen LogP contribution in [0.1, 0.15) is 34.2 Å². The summed E-state index contributed by atoms with van der Waals surface area (Å²) in [7, 11) is 0. The third-order valence-corrected chi connectivity index (χ3v) is 3.68. The van der Waals surface area contributed by atoms with Gasteiger partial charge in [-0.25, -0.2) is 4.68 Å². The number of halogens is 1. The number of carbonyl (C=O) groups is 1. The largest absolute Gasteiger partial charge is 0.272 e. The van der Waals surface area contributed by atoms with Crippen molar-refractivity contribution in [1.29, 1.82) is 0 Å². The molecule has 0 bridgehead atoms. The van der Waals surface area contributed by atoms with Gasteiger partial charge in [0, 0.05) is 16.3 Å². The first-order valence-electron chi connectivity index (χ1n) is 6.85. The molecule has 0 spiro atoms. The Kier molecular flexibility index (Phi) is 4.63. The Morgan fingerprint density at radius 3 is 2.43 bits per heavy atom. The molecule has 1 aromatic heterocycles. The van der Waals surface area contributed by atoms with Crippen LogP contribution in [0.4, 0.5) is 0 Å². The molecule has 0 atom stereocenters. The maximum absolute atomic E-state index is 12.4. The number of nitrogens with zero attached hydrogens (tertiary/aromatic N) is 2. The normalized spacial score (nSPS) is 10.7. The second-order valence-corrected chi connectivity index (χ2v) is 5.83. The Labute approximate surface area is 130 Å².